The number of fused-ring (bicyclic) bond motifs is 1. The number of amides is 3. The second-order valence-electron chi connectivity index (χ2n) is 11.6. The van der Waals surface area contributed by atoms with Gasteiger partial charge in [-0.25, -0.2) is 0 Å². The van der Waals surface area contributed by atoms with Crippen LogP contribution < -0.4 is 16.0 Å². The predicted octanol–water partition coefficient (Wildman–Crippen LogP) is 5.03. The Morgan fingerprint density at radius 3 is 2.38 bits per heavy atom. The Morgan fingerprint density at radius 2 is 1.62 bits per heavy atom. The highest BCUT2D eigenvalue weighted by molar-refractivity contribution is 5.93. The van der Waals surface area contributed by atoms with E-state index >= 15 is 0 Å². The van der Waals surface area contributed by atoms with Crippen LogP contribution >= 0.6 is 12.4 Å². The van der Waals surface area contributed by atoms with Crippen LogP contribution in [0.25, 0.3) is 10.8 Å². The van der Waals surface area contributed by atoms with Crippen molar-refractivity contribution in [3.63, 3.8) is 0 Å². The normalized spacial score (nSPS) is 15.1. The molecule has 0 radical (unpaired) electrons. The van der Waals surface area contributed by atoms with Gasteiger partial charge in [-0.1, -0.05) is 86.6 Å². The first-order valence-corrected chi connectivity index (χ1v) is 16.2. The summed E-state index contributed by atoms with van der Waals surface area (Å²) in [5, 5.41) is 11.6. The van der Waals surface area contributed by atoms with E-state index in [1.807, 2.05) is 74.5 Å². The SMILES string of the molecule is CCC(CC)C(=O)N1CCCC1C(=O)N[C@H](Cc1ccc2ccccc2c1)C(=O)NCCCNCCOCc1ccccc1.Cl. The van der Waals surface area contributed by atoms with Crippen molar-refractivity contribution in [2.45, 2.75) is 71.1 Å². The molecule has 4 rings (SSSR count). The molecule has 1 heterocycles. The molecule has 0 aromatic heterocycles. The van der Waals surface area contributed by atoms with E-state index in [0.717, 1.165) is 60.7 Å². The molecular formula is C36H49ClN4O4. The van der Waals surface area contributed by atoms with Crippen LogP contribution in [0.4, 0.5) is 0 Å². The van der Waals surface area contributed by atoms with Gasteiger partial charge in [0.1, 0.15) is 12.1 Å². The fourth-order valence-corrected chi connectivity index (χ4v) is 5.84. The zero-order chi connectivity index (χ0) is 31.1. The number of carbonyl (C=O) groups is 3. The highest BCUT2D eigenvalue weighted by Gasteiger charge is 2.37. The minimum atomic E-state index is -0.742. The van der Waals surface area contributed by atoms with Crippen molar-refractivity contribution in [2.24, 2.45) is 5.92 Å². The van der Waals surface area contributed by atoms with E-state index in [1.165, 1.54) is 0 Å². The van der Waals surface area contributed by atoms with Crippen LogP contribution in [0.3, 0.4) is 0 Å². The van der Waals surface area contributed by atoms with E-state index in [-0.39, 0.29) is 36.0 Å². The monoisotopic (exact) mass is 636 g/mol. The van der Waals surface area contributed by atoms with E-state index in [4.69, 9.17) is 4.74 Å². The molecule has 1 saturated heterocycles. The van der Waals surface area contributed by atoms with E-state index in [9.17, 15) is 14.4 Å². The quantitative estimate of drug-likeness (QED) is 0.181. The standard InChI is InChI=1S/C36H48N4O4.ClH/c1-3-29(4-2)36(43)40-22-10-16-33(40)35(42)39-32(25-28-17-18-30-14-8-9-15-31(30)24-28)34(41)38-20-11-19-37-21-23-44-26-27-12-6-5-7-13-27;/h5-9,12-15,17-18,24,29,32-33,37H,3-4,10-11,16,19-23,25-26H2,1-2H3,(H,38,41)(H,39,42);1H/t32-,33?;/m1./s1. The van der Waals surface area contributed by atoms with Crippen LogP contribution in [-0.4, -0.2) is 67.5 Å². The summed E-state index contributed by atoms with van der Waals surface area (Å²) in [5.41, 5.74) is 2.12. The average Bonchev–Trinajstić information content (AvgIpc) is 3.55. The molecular weight excluding hydrogens is 588 g/mol. The molecule has 0 spiro atoms. The first-order chi connectivity index (χ1) is 21.5. The molecule has 0 saturated carbocycles. The van der Waals surface area contributed by atoms with Gasteiger partial charge in [0.25, 0.3) is 0 Å². The topological polar surface area (TPSA) is 99.8 Å². The lowest BCUT2D eigenvalue weighted by atomic mass is 10.00. The molecule has 1 fully saturated rings. The Kier molecular flexibility index (Phi) is 15.3. The van der Waals surface area contributed by atoms with E-state index in [2.05, 4.69) is 28.1 Å². The third kappa shape index (κ3) is 10.8. The molecule has 3 N–H and O–H groups in total. The second-order valence-corrected chi connectivity index (χ2v) is 11.6. The fourth-order valence-electron chi connectivity index (χ4n) is 5.84. The van der Waals surface area contributed by atoms with Gasteiger partial charge in [0, 0.05) is 32.0 Å². The van der Waals surface area contributed by atoms with Gasteiger partial charge in [-0.15, -0.1) is 12.4 Å². The van der Waals surface area contributed by atoms with Gasteiger partial charge in [0.05, 0.1) is 13.2 Å². The Hall–Kier alpha value is -3.46. The fraction of sp³-hybridized carbons (Fsp3) is 0.472. The minimum Gasteiger partial charge on any atom is -0.375 e. The Morgan fingerprint density at radius 1 is 0.889 bits per heavy atom. The van der Waals surface area contributed by atoms with E-state index in [0.29, 0.717) is 39.1 Å². The largest absolute Gasteiger partial charge is 0.375 e. The second kappa shape index (κ2) is 19.1. The minimum absolute atomic E-state index is 0. The van der Waals surface area contributed by atoms with Crippen molar-refractivity contribution in [2.75, 3.05) is 32.8 Å². The number of nitrogens with zero attached hydrogens (tertiary/aromatic N) is 1. The number of hydrogen-bond donors (Lipinski definition) is 3. The van der Waals surface area contributed by atoms with Gasteiger partial charge >= 0.3 is 0 Å². The molecule has 8 nitrogen and oxygen atoms in total. The maximum atomic E-state index is 13.6. The summed E-state index contributed by atoms with van der Waals surface area (Å²) >= 11 is 0. The number of ether oxygens (including phenoxy) is 1. The summed E-state index contributed by atoms with van der Waals surface area (Å²) in [4.78, 5) is 41.9. The van der Waals surface area contributed by atoms with Crippen molar-refractivity contribution in [1.29, 1.82) is 0 Å². The molecule has 2 atom stereocenters. The van der Waals surface area contributed by atoms with Gasteiger partial charge in [-0.2, -0.15) is 0 Å². The summed E-state index contributed by atoms with van der Waals surface area (Å²) in [5.74, 6) is -0.501. The molecule has 9 heteroatoms. The van der Waals surface area contributed by atoms with Gasteiger partial charge in [0.2, 0.25) is 17.7 Å². The molecule has 3 amide bonds. The molecule has 3 aromatic carbocycles. The highest BCUT2D eigenvalue weighted by Crippen LogP contribution is 2.23. The summed E-state index contributed by atoms with van der Waals surface area (Å²) < 4.78 is 5.71. The van der Waals surface area contributed by atoms with Crippen LogP contribution in [0.15, 0.2) is 72.8 Å². The third-order valence-corrected chi connectivity index (χ3v) is 8.42. The van der Waals surface area contributed by atoms with Gasteiger partial charge in [0.15, 0.2) is 0 Å². The molecule has 0 bridgehead atoms. The van der Waals surface area contributed by atoms with Crippen molar-refractivity contribution in [3.8, 4) is 0 Å². The van der Waals surface area contributed by atoms with Crippen molar-refractivity contribution >= 4 is 40.9 Å². The third-order valence-electron chi connectivity index (χ3n) is 8.42. The first-order valence-electron chi connectivity index (χ1n) is 16.2. The Labute approximate surface area is 274 Å². The molecule has 1 aliphatic heterocycles. The molecule has 244 valence electrons. The zero-order valence-corrected chi connectivity index (χ0v) is 27.5. The van der Waals surface area contributed by atoms with Crippen LogP contribution in [0.1, 0.15) is 57.1 Å². The smallest absolute Gasteiger partial charge is 0.243 e. The van der Waals surface area contributed by atoms with Crippen molar-refractivity contribution in [3.05, 3.63) is 83.9 Å². The molecule has 1 unspecified atom stereocenters. The van der Waals surface area contributed by atoms with Crippen LogP contribution in [0.2, 0.25) is 0 Å². The van der Waals surface area contributed by atoms with Gasteiger partial charge in [-0.05, 0) is 60.5 Å². The van der Waals surface area contributed by atoms with E-state index in [1.54, 1.807) is 4.90 Å². The van der Waals surface area contributed by atoms with Crippen LogP contribution in [0, 0.1) is 5.92 Å². The van der Waals surface area contributed by atoms with Crippen molar-refractivity contribution in [1.82, 2.24) is 20.9 Å². The number of carbonyl (C=O) groups excluding carboxylic acids is 3. The summed E-state index contributed by atoms with van der Waals surface area (Å²) in [6, 6.07) is 23.0. The lowest BCUT2D eigenvalue weighted by Gasteiger charge is -2.29. The van der Waals surface area contributed by atoms with Gasteiger partial charge in [-0.3, -0.25) is 14.4 Å². The number of hydrogen-bond acceptors (Lipinski definition) is 5. The summed E-state index contributed by atoms with van der Waals surface area (Å²) in [6.07, 6.45) is 4.03. The number of rotatable bonds is 17. The zero-order valence-electron chi connectivity index (χ0n) is 26.6. The van der Waals surface area contributed by atoms with E-state index < -0.39 is 12.1 Å². The number of likely N-dealkylation sites (tertiary alicyclic amines) is 1. The summed E-state index contributed by atoms with van der Waals surface area (Å²) in [7, 11) is 0. The van der Waals surface area contributed by atoms with Crippen LogP contribution in [0.5, 0.6) is 0 Å². The number of nitrogens with one attached hydrogen (secondary N) is 3. The number of halogens is 1. The highest BCUT2D eigenvalue weighted by atomic mass is 35.5. The molecule has 0 aliphatic carbocycles. The molecule has 3 aromatic rings. The number of benzene rings is 3. The molecule has 1 aliphatic rings. The lowest BCUT2D eigenvalue weighted by Crippen LogP contribution is -2.54. The molecule has 45 heavy (non-hydrogen) atoms. The Bertz CT molecular complexity index is 1350. The predicted molar refractivity (Wildman–Crippen MR) is 182 cm³/mol. The summed E-state index contributed by atoms with van der Waals surface area (Å²) in [6.45, 7) is 7.77. The lowest BCUT2D eigenvalue weighted by molar-refractivity contribution is -0.142. The van der Waals surface area contributed by atoms with Gasteiger partial charge < -0.3 is 25.6 Å². The maximum Gasteiger partial charge on any atom is 0.243 e. The first kappa shape index (κ1) is 36.0. The van der Waals surface area contributed by atoms with Crippen molar-refractivity contribution < 1.29 is 19.1 Å². The average molecular weight is 637 g/mol. The van der Waals surface area contributed by atoms with Crippen LogP contribution in [-0.2, 0) is 32.1 Å². The maximum absolute atomic E-state index is 13.6. The Balaban J connectivity index is 0.00000552.